The first-order valence-corrected chi connectivity index (χ1v) is 10.2. The lowest BCUT2D eigenvalue weighted by molar-refractivity contribution is -0.141. The molecule has 4 nitrogen and oxygen atoms in total. The number of ether oxygens (including phenoxy) is 1. The van der Waals surface area contributed by atoms with Gasteiger partial charge >= 0.3 is 11.9 Å². The van der Waals surface area contributed by atoms with Crippen LogP contribution in [0.25, 0.3) is 0 Å². The first kappa shape index (κ1) is 24.4. The van der Waals surface area contributed by atoms with Crippen molar-refractivity contribution in [2.75, 3.05) is 0 Å². The summed E-state index contributed by atoms with van der Waals surface area (Å²) in [5.74, 6) is -1.37. The van der Waals surface area contributed by atoms with Crippen molar-refractivity contribution >= 4 is 11.9 Å². The molecule has 1 unspecified atom stereocenters. The Bertz CT molecular complexity index is 463. The Morgan fingerprint density at radius 3 is 1.88 bits per heavy atom. The summed E-state index contributed by atoms with van der Waals surface area (Å²) >= 11 is 0. The summed E-state index contributed by atoms with van der Waals surface area (Å²) in [4.78, 5) is 22.7. The van der Waals surface area contributed by atoms with Crippen LogP contribution in [0.2, 0.25) is 0 Å². The molecular weight excluding hydrogens is 328 g/mol. The summed E-state index contributed by atoms with van der Waals surface area (Å²) in [6.45, 7) is 7.15. The van der Waals surface area contributed by atoms with E-state index in [2.05, 4.69) is 6.92 Å². The van der Waals surface area contributed by atoms with Crippen LogP contribution in [-0.2, 0) is 14.3 Å². The van der Waals surface area contributed by atoms with Crippen molar-refractivity contribution in [3.8, 4) is 0 Å². The molecule has 0 spiro atoms. The Morgan fingerprint density at radius 1 is 0.885 bits per heavy atom. The molecule has 0 saturated heterocycles. The van der Waals surface area contributed by atoms with Gasteiger partial charge in [-0.1, -0.05) is 70.8 Å². The molecule has 1 atom stereocenters. The monoisotopic (exact) mass is 366 g/mol. The van der Waals surface area contributed by atoms with Crippen molar-refractivity contribution in [2.45, 2.75) is 104 Å². The maximum atomic E-state index is 12.0. The minimum absolute atomic E-state index is 0.178. The molecule has 0 aromatic rings. The molecule has 0 rings (SSSR count). The van der Waals surface area contributed by atoms with Crippen molar-refractivity contribution in [3.63, 3.8) is 0 Å². The van der Waals surface area contributed by atoms with Crippen LogP contribution in [0, 0.1) is 0 Å². The molecule has 0 heterocycles. The van der Waals surface area contributed by atoms with Crippen molar-refractivity contribution in [1.82, 2.24) is 0 Å². The summed E-state index contributed by atoms with van der Waals surface area (Å²) in [6.07, 6.45) is 16.7. The fourth-order valence-electron chi connectivity index (χ4n) is 2.75. The average Bonchev–Trinajstić information content (AvgIpc) is 2.59. The summed E-state index contributed by atoms with van der Waals surface area (Å²) in [5, 5.41) is 8.82. The number of hydrogen-bond acceptors (Lipinski definition) is 3. The third-order valence-electron chi connectivity index (χ3n) is 4.45. The molecule has 0 bridgehead atoms. The Balaban J connectivity index is 3.82. The van der Waals surface area contributed by atoms with Crippen LogP contribution in [0.1, 0.15) is 98.3 Å². The van der Waals surface area contributed by atoms with Gasteiger partial charge < -0.3 is 9.84 Å². The van der Waals surface area contributed by atoms with Crippen molar-refractivity contribution in [3.05, 3.63) is 23.3 Å². The normalized spacial score (nSPS) is 13.5. The van der Waals surface area contributed by atoms with Gasteiger partial charge in [-0.05, 0) is 39.7 Å². The summed E-state index contributed by atoms with van der Waals surface area (Å²) in [7, 11) is 0. The van der Waals surface area contributed by atoms with Crippen LogP contribution in [0.3, 0.4) is 0 Å². The number of allylic oxidation sites excluding steroid dienone is 1. The maximum Gasteiger partial charge on any atom is 0.333 e. The van der Waals surface area contributed by atoms with Crippen LogP contribution in [0.4, 0.5) is 0 Å². The molecule has 0 aliphatic carbocycles. The van der Waals surface area contributed by atoms with Crippen LogP contribution in [0.15, 0.2) is 23.3 Å². The maximum absolute atomic E-state index is 12.0. The highest BCUT2D eigenvalue weighted by atomic mass is 16.5. The third-order valence-corrected chi connectivity index (χ3v) is 4.45. The number of carboxylic acid groups (broad SMARTS) is 1. The highest BCUT2D eigenvalue weighted by molar-refractivity contribution is 5.88. The smallest absolute Gasteiger partial charge is 0.333 e. The molecule has 0 aliphatic heterocycles. The molecule has 0 fully saturated rings. The fraction of sp³-hybridized carbons (Fsp3) is 0.727. The molecule has 0 amide bonds. The fourth-order valence-corrected chi connectivity index (χ4v) is 2.75. The van der Waals surface area contributed by atoms with Gasteiger partial charge in [0.25, 0.3) is 0 Å². The lowest BCUT2D eigenvalue weighted by atomic mass is 10.1. The Labute approximate surface area is 159 Å². The summed E-state index contributed by atoms with van der Waals surface area (Å²) < 4.78 is 5.24. The SMILES string of the molecule is CCCCCCCCCCCCC=C(C)C(=O)OC(C)C=C(C)C(=O)O. The molecule has 0 radical (unpaired) electrons. The minimum Gasteiger partial charge on any atom is -0.478 e. The second kappa shape index (κ2) is 15.7. The Hall–Kier alpha value is -1.58. The molecule has 0 aromatic heterocycles. The number of carbonyl (C=O) groups excluding carboxylic acids is 1. The number of carbonyl (C=O) groups is 2. The molecule has 0 aliphatic rings. The van der Waals surface area contributed by atoms with E-state index in [-0.39, 0.29) is 11.5 Å². The van der Waals surface area contributed by atoms with Gasteiger partial charge in [0.15, 0.2) is 0 Å². The quantitative estimate of drug-likeness (QED) is 0.213. The van der Waals surface area contributed by atoms with Crippen molar-refractivity contribution in [2.24, 2.45) is 0 Å². The van der Waals surface area contributed by atoms with Crippen molar-refractivity contribution in [1.29, 1.82) is 0 Å². The summed E-state index contributed by atoms with van der Waals surface area (Å²) in [6, 6.07) is 0. The second-order valence-corrected chi connectivity index (χ2v) is 7.12. The van der Waals surface area contributed by atoms with Crippen LogP contribution < -0.4 is 0 Å². The van der Waals surface area contributed by atoms with E-state index < -0.39 is 12.1 Å². The molecule has 0 aromatic carbocycles. The number of unbranched alkanes of at least 4 members (excludes halogenated alkanes) is 10. The first-order chi connectivity index (χ1) is 12.4. The van der Waals surface area contributed by atoms with E-state index in [9.17, 15) is 9.59 Å². The van der Waals surface area contributed by atoms with Gasteiger partial charge in [-0.25, -0.2) is 9.59 Å². The van der Waals surface area contributed by atoms with Gasteiger partial charge in [-0.3, -0.25) is 0 Å². The minimum atomic E-state index is -0.999. The van der Waals surface area contributed by atoms with E-state index in [0.717, 1.165) is 12.8 Å². The molecule has 26 heavy (non-hydrogen) atoms. The lowest BCUT2D eigenvalue weighted by Gasteiger charge is -2.10. The van der Waals surface area contributed by atoms with E-state index in [4.69, 9.17) is 9.84 Å². The first-order valence-electron chi connectivity index (χ1n) is 10.2. The van der Waals surface area contributed by atoms with E-state index in [1.165, 1.54) is 70.8 Å². The van der Waals surface area contributed by atoms with Gasteiger partial charge in [0, 0.05) is 11.1 Å². The van der Waals surface area contributed by atoms with Crippen LogP contribution in [-0.4, -0.2) is 23.1 Å². The van der Waals surface area contributed by atoms with Crippen LogP contribution >= 0.6 is 0 Å². The highest BCUT2D eigenvalue weighted by Crippen LogP contribution is 2.12. The van der Waals surface area contributed by atoms with E-state index in [1.54, 1.807) is 13.8 Å². The average molecular weight is 367 g/mol. The third kappa shape index (κ3) is 13.7. The number of rotatable bonds is 15. The zero-order valence-corrected chi connectivity index (χ0v) is 17.2. The van der Waals surface area contributed by atoms with Crippen LogP contribution in [0.5, 0.6) is 0 Å². The van der Waals surface area contributed by atoms with E-state index in [0.29, 0.717) is 5.57 Å². The predicted molar refractivity (Wildman–Crippen MR) is 107 cm³/mol. The van der Waals surface area contributed by atoms with Gasteiger partial charge in [-0.2, -0.15) is 0 Å². The molecule has 4 heteroatoms. The Kier molecular flexibility index (Phi) is 14.7. The standard InChI is InChI=1S/C22H38O4/c1-5-6-7-8-9-10-11-12-13-14-15-16-18(2)22(25)26-20(4)17-19(3)21(23)24/h16-17,20H,5-15H2,1-4H3,(H,23,24). The van der Waals surface area contributed by atoms with Crippen molar-refractivity contribution < 1.29 is 19.4 Å². The zero-order valence-electron chi connectivity index (χ0n) is 17.2. The molecular formula is C22H38O4. The molecule has 150 valence electrons. The summed E-state index contributed by atoms with van der Waals surface area (Å²) in [5.41, 5.74) is 0.770. The second-order valence-electron chi connectivity index (χ2n) is 7.12. The number of esters is 1. The largest absolute Gasteiger partial charge is 0.478 e. The predicted octanol–water partition coefficient (Wildman–Crippen LogP) is 6.21. The number of aliphatic carboxylic acids is 1. The van der Waals surface area contributed by atoms with E-state index >= 15 is 0 Å². The number of carboxylic acids is 1. The number of hydrogen-bond donors (Lipinski definition) is 1. The van der Waals surface area contributed by atoms with Gasteiger partial charge in [0.1, 0.15) is 6.10 Å². The van der Waals surface area contributed by atoms with E-state index in [1.807, 2.05) is 6.08 Å². The molecule has 0 saturated carbocycles. The molecule has 1 N–H and O–H groups in total. The van der Waals surface area contributed by atoms with Gasteiger partial charge in [0.05, 0.1) is 0 Å². The van der Waals surface area contributed by atoms with Gasteiger partial charge in [0.2, 0.25) is 0 Å². The highest BCUT2D eigenvalue weighted by Gasteiger charge is 2.11. The van der Waals surface area contributed by atoms with Gasteiger partial charge in [-0.15, -0.1) is 0 Å². The lowest BCUT2D eigenvalue weighted by Crippen LogP contribution is -2.15. The topological polar surface area (TPSA) is 63.6 Å². The zero-order chi connectivity index (χ0) is 19.8. The Morgan fingerprint density at radius 2 is 1.38 bits per heavy atom.